The molecule has 1 rings (SSSR count). The van der Waals surface area contributed by atoms with Gasteiger partial charge in [-0.3, -0.25) is 0 Å². The Balaban J connectivity index is 2.14. The highest BCUT2D eigenvalue weighted by Crippen LogP contribution is 2.20. The summed E-state index contributed by atoms with van der Waals surface area (Å²) in [5.41, 5.74) is 0. The van der Waals surface area contributed by atoms with E-state index in [0.29, 0.717) is 12.1 Å². The molecule has 0 aromatic carbocycles. The molecule has 1 aliphatic rings. The van der Waals surface area contributed by atoms with E-state index in [9.17, 15) is 0 Å². The minimum absolute atomic E-state index is 0.354. The van der Waals surface area contributed by atoms with E-state index in [4.69, 9.17) is 9.47 Å². The van der Waals surface area contributed by atoms with Gasteiger partial charge in [-0.15, -0.1) is 0 Å². The zero-order valence-corrected chi connectivity index (χ0v) is 10.8. The third-order valence-corrected chi connectivity index (χ3v) is 3.14. The van der Waals surface area contributed by atoms with E-state index in [0.717, 1.165) is 26.2 Å². The first kappa shape index (κ1) is 13.9. The lowest BCUT2D eigenvalue weighted by molar-refractivity contribution is 0.00302. The largest absolute Gasteiger partial charge is 0.383 e. The van der Waals surface area contributed by atoms with Crippen molar-refractivity contribution in [3.8, 4) is 0 Å². The summed E-state index contributed by atoms with van der Waals surface area (Å²) in [5, 5.41) is 3.46. The molecule has 0 amide bonds. The van der Waals surface area contributed by atoms with Crippen LogP contribution in [-0.4, -0.2) is 39.0 Å². The zero-order valence-electron chi connectivity index (χ0n) is 10.8. The van der Waals surface area contributed by atoms with Gasteiger partial charge < -0.3 is 14.8 Å². The predicted octanol–water partition coefficient (Wildman–Crippen LogP) is 2.35. The van der Waals surface area contributed by atoms with E-state index in [1.54, 1.807) is 7.11 Å². The fraction of sp³-hybridized carbons (Fsp3) is 1.00. The van der Waals surface area contributed by atoms with Gasteiger partial charge in [0.15, 0.2) is 0 Å². The van der Waals surface area contributed by atoms with Crippen LogP contribution in [0.1, 0.15) is 45.4 Å². The third kappa shape index (κ3) is 5.83. The Bertz CT molecular complexity index is 158. The maximum Gasteiger partial charge on any atom is 0.0645 e. The van der Waals surface area contributed by atoms with Gasteiger partial charge in [-0.05, 0) is 25.8 Å². The lowest BCUT2D eigenvalue weighted by atomic mass is 9.98. The van der Waals surface area contributed by atoms with Crippen LogP contribution in [0.2, 0.25) is 0 Å². The molecule has 1 N–H and O–H groups in total. The summed E-state index contributed by atoms with van der Waals surface area (Å²) in [5.74, 6) is 0. The molecular formula is C13H27NO2. The molecule has 1 unspecified atom stereocenters. The number of methoxy groups -OCH3 is 1. The second-order valence-corrected chi connectivity index (χ2v) is 4.70. The van der Waals surface area contributed by atoms with Crippen molar-refractivity contribution in [1.29, 1.82) is 0 Å². The highest BCUT2D eigenvalue weighted by molar-refractivity contribution is 4.69. The van der Waals surface area contributed by atoms with Gasteiger partial charge in [-0.25, -0.2) is 0 Å². The quantitative estimate of drug-likeness (QED) is 0.693. The molecule has 0 radical (unpaired) electrons. The molecule has 96 valence electrons. The lowest BCUT2D eigenvalue weighted by Gasteiger charge is -2.25. The second kappa shape index (κ2) is 8.97. The average molecular weight is 229 g/mol. The summed E-state index contributed by atoms with van der Waals surface area (Å²) >= 11 is 0. The second-order valence-electron chi connectivity index (χ2n) is 4.70. The highest BCUT2D eigenvalue weighted by Gasteiger charge is 2.16. The number of rotatable bonds is 8. The summed E-state index contributed by atoms with van der Waals surface area (Å²) in [6, 6.07) is 0.354. The summed E-state index contributed by atoms with van der Waals surface area (Å²) in [6.07, 6.45) is 8.20. The first-order valence-corrected chi connectivity index (χ1v) is 6.70. The topological polar surface area (TPSA) is 30.5 Å². The van der Waals surface area contributed by atoms with Crippen molar-refractivity contribution in [2.45, 2.75) is 57.6 Å². The van der Waals surface area contributed by atoms with Gasteiger partial charge in [-0.2, -0.15) is 0 Å². The number of nitrogens with one attached hydrogen (secondary N) is 1. The number of hydrogen-bond donors (Lipinski definition) is 1. The molecule has 16 heavy (non-hydrogen) atoms. The Kier molecular flexibility index (Phi) is 7.81. The first-order chi connectivity index (χ1) is 7.86. The van der Waals surface area contributed by atoms with Crippen LogP contribution < -0.4 is 5.32 Å². The van der Waals surface area contributed by atoms with Crippen molar-refractivity contribution in [3.63, 3.8) is 0 Å². The Labute approximate surface area is 99.9 Å². The van der Waals surface area contributed by atoms with E-state index < -0.39 is 0 Å². The normalized spacial score (nSPS) is 19.9. The molecule has 1 aliphatic carbocycles. The van der Waals surface area contributed by atoms with E-state index in [2.05, 4.69) is 12.2 Å². The van der Waals surface area contributed by atoms with Crippen LogP contribution in [0.3, 0.4) is 0 Å². The number of hydrogen-bond acceptors (Lipinski definition) is 3. The molecule has 1 atom stereocenters. The van der Waals surface area contributed by atoms with Crippen molar-refractivity contribution in [2.24, 2.45) is 0 Å². The minimum Gasteiger partial charge on any atom is -0.383 e. The maximum atomic E-state index is 5.95. The molecular weight excluding hydrogens is 202 g/mol. The summed E-state index contributed by atoms with van der Waals surface area (Å²) in [4.78, 5) is 0. The standard InChI is InChI=1S/C13H27NO2/c1-3-9-14-12(10-15-2)11-16-13-7-5-4-6-8-13/h12-14H,3-11H2,1-2H3. The van der Waals surface area contributed by atoms with Gasteiger partial charge >= 0.3 is 0 Å². The fourth-order valence-corrected chi connectivity index (χ4v) is 2.20. The van der Waals surface area contributed by atoms with E-state index >= 15 is 0 Å². The van der Waals surface area contributed by atoms with Crippen LogP contribution in [0.15, 0.2) is 0 Å². The van der Waals surface area contributed by atoms with Gasteiger partial charge in [0.05, 0.1) is 25.4 Å². The summed E-state index contributed by atoms with van der Waals surface area (Å²) in [6.45, 7) is 4.76. The third-order valence-electron chi connectivity index (χ3n) is 3.14. The zero-order chi connectivity index (χ0) is 11.6. The van der Waals surface area contributed by atoms with Crippen LogP contribution in [0.5, 0.6) is 0 Å². The Hall–Kier alpha value is -0.120. The molecule has 1 fully saturated rings. The monoisotopic (exact) mass is 229 g/mol. The van der Waals surface area contributed by atoms with Crippen LogP contribution >= 0.6 is 0 Å². The van der Waals surface area contributed by atoms with Crippen molar-refractivity contribution in [2.75, 3.05) is 26.9 Å². The molecule has 0 spiro atoms. The van der Waals surface area contributed by atoms with Gasteiger partial charge in [0.25, 0.3) is 0 Å². The average Bonchev–Trinajstić information content (AvgIpc) is 2.34. The summed E-state index contributed by atoms with van der Waals surface area (Å²) in [7, 11) is 1.75. The van der Waals surface area contributed by atoms with Gasteiger partial charge in [0.2, 0.25) is 0 Å². The van der Waals surface area contributed by atoms with Crippen LogP contribution in [0.25, 0.3) is 0 Å². The minimum atomic E-state index is 0.354. The van der Waals surface area contributed by atoms with Gasteiger partial charge in [0.1, 0.15) is 0 Å². The SMILES string of the molecule is CCCNC(COC)COC1CCCCC1. The molecule has 0 saturated heterocycles. The van der Waals surface area contributed by atoms with Crippen molar-refractivity contribution in [1.82, 2.24) is 5.32 Å². The van der Waals surface area contributed by atoms with Crippen LogP contribution in [-0.2, 0) is 9.47 Å². The molecule has 3 nitrogen and oxygen atoms in total. The van der Waals surface area contributed by atoms with Gasteiger partial charge in [0, 0.05) is 7.11 Å². The first-order valence-electron chi connectivity index (χ1n) is 6.70. The van der Waals surface area contributed by atoms with Crippen molar-refractivity contribution >= 4 is 0 Å². The molecule has 0 aromatic heterocycles. The van der Waals surface area contributed by atoms with Crippen LogP contribution in [0.4, 0.5) is 0 Å². The molecule has 0 aromatic rings. The molecule has 0 bridgehead atoms. The predicted molar refractivity (Wildman–Crippen MR) is 66.8 cm³/mol. The van der Waals surface area contributed by atoms with E-state index in [1.807, 2.05) is 0 Å². The smallest absolute Gasteiger partial charge is 0.0645 e. The summed E-state index contributed by atoms with van der Waals surface area (Å²) < 4.78 is 11.2. The highest BCUT2D eigenvalue weighted by atomic mass is 16.5. The molecule has 0 aliphatic heterocycles. The van der Waals surface area contributed by atoms with E-state index in [-0.39, 0.29) is 0 Å². The molecule has 3 heteroatoms. The van der Waals surface area contributed by atoms with Crippen LogP contribution in [0, 0.1) is 0 Å². The fourth-order valence-electron chi connectivity index (χ4n) is 2.20. The molecule has 0 heterocycles. The van der Waals surface area contributed by atoms with E-state index in [1.165, 1.54) is 32.1 Å². The lowest BCUT2D eigenvalue weighted by Crippen LogP contribution is -2.39. The molecule has 1 saturated carbocycles. The number of ether oxygens (including phenoxy) is 2. The maximum absolute atomic E-state index is 5.95. The van der Waals surface area contributed by atoms with Crippen molar-refractivity contribution in [3.05, 3.63) is 0 Å². The Morgan fingerprint density at radius 2 is 1.94 bits per heavy atom. The Morgan fingerprint density at radius 1 is 1.19 bits per heavy atom. The Morgan fingerprint density at radius 3 is 2.56 bits per heavy atom. The van der Waals surface area contributed by atoms with Gasteiger partial charge in [-0.1, -0.05) is 26.2 Å². The van der Waals surface area contributed by atoms with Crippen molar-refractivity contribution < 1.29 is 9.47 Å².